The number of piperidine rings is 1. The summed E-state index contributed by atoms with van der Waals surface area (Å²) in [6.07, 6.45) is 3.55. The van der Waals surface area contributed by atoms with Crippen LogP contribution < -0.4 is 11.0 Å². The molecule has 3 rings (SSSR count). The van der Waals surface area contributed by atoms with Crippen LogP contribution in [0.1, 0.15) is 18.9 Å². The molecule has 0 spiro atoms. The number of fused-ring (bicyclic) bond motifs is 1. The van der Waals surface area contributed by atoms with Gasteiger partial charge < -0.3 is 5.32 Å². The Morgan fingerprint density at radius 2 is 1.90 bits per heavy atom. The van der Waals surface area contributed by atoms with Crippen molar-refractivity contribution in [1.29, 1.82) is 0 Å². The van der Waals surface area contributed by atoms with Gasteiger partial charge in [0.05, 0.1) is 11.0 Å². The number of benzene rings is 1. The first-order valence-electron chi connectivity index (χ1n) is 6.89. The predicted molar refractivity (Wildman–Crippen MR) is 81.4 cm³/mol. The Kier molecular flexibility index (Phi) is 3.76. The maximum Gasteiger partial charge on any atom is 0.330 e. The maximum atomic E-state index is 12.7. The van der Waals surface area contributed by atoms with Crippen LogP contribution in [0, 0.1) is 0 Å². The molecule has 0 amide bonds. The lowest BCUT2D eigenvalue weighted by Gasteiger charge is -2.23. The van der Waals surface area contributed by atoms with E-state index in [0.29, 0.717) is 0 Å². The molecule has 1 fully saturated rings. The van der Waals surface area contributed by atoms with E-state index in [9.17, 15) is 9.00 Å². The van der Waals surface area contributed by atoms with Gasteiger partial charge in [0.15, 0.2) is 0 Å². The average Bonchev–Trinajstić information content (AvgIpc) is 2.72. The summed E-state index contributed by atoms with van der Waals surface area (Å²) in [5, 5.41) is 3.32. The van der Waals surface area contributed by atoms with Crippen molar-refractivity contribution in [2.75, 3.05) is 19.3 Å². The maximum absolute atomic E-state index is 12.7. The van der Waals surface area contributed by atoms with Gasteiger partial charge in [-0.3, -0.25) is 13.3 Å². The second kappa shape index (κ2) is 5.54. The Morgan fingerprint density at radius 3 is 2.55 bits per heavy atom. The van der Waals surface area contributed by atoms with Gasteiger partial charge in [0.25, 0.3) is 0 Å². The Balaban J connectivity index is 2.18. The average molecular weight is 293 g/mol. The van der Waals surface area contributed by atoms with Crippen LogP contribution in [0.3, 0.4) is 0 Å². The zero-order valence-electron chi connectivity index (χ0n) is 11.5. The van der Waals surface area contributed by atoms with Crippen LogP contribution in [0.5, 0.6) is 0 Å². The molecule has 1 unspecified atom stereocenters. The smallest absolute Gasteiger partial charge is 0.317 e. The molecule has 1 aliphatic heterocycles. The summed E-state index contributed by atoms with van der Waals surface area (Å²) >= 11 is 0. The predicted octanol–water partition coefficient (Wildman–Crippen LogP) is 1.06. The van der Waals surface area contributed by atoms with Crippen molar-refractivity contribution in [3.8, 4) is 0 Å². The molecule has 1 N–H and O–H groups in total. The molecule has 1 atom stereocenters. The van der Waals surface area contributed by atoms with Gasteiger partial charge in [-0.1, -0.05) is 12.1 Å². The van der Waals surface area contributed by atoms with E-state index >= 15 is 0 Å². The molecule has 6 heteroatoms. The van der Waals surface area contributed by atoms with Crippen LogP contribution >= 0.6 is 0 Å². The van der Waals surface area contributed by atoms with Crippen molar-refractivity contribution < 1.29 is 4.21 Å². The number of nitrogens with zero attached hydrogens (tertiary/aromatic N) is 2. The van der Waals surface area contributed by atoms with Gasteiger partial charge in [-0.2, -0.15) is 0 Å². The molecule has 2 heterocycles. The first-order chi connectivity index (χ1) is 9.68. The molecule has 2 aromatic rings. The largest absolute Gasteiger partial charge is 0.330 e. The van der Waals surface area contributed by atoms with Gasteiger partial charge in [0, 0.05) is 23.1 Å². The van der Waals surface area contributed by atoms with E-state index in [1.54, 1.807) is 10.8 Å². The molecule has 0 aliphatic carbocycles. The first kappa shape index (κ1) is 13.6. The van der Waals surface area contributed by atoms with Gasteiger partial charge in [-0.25, -0.2) is 4.79 Å². The van der Waals surface area contributed by atoms with Gasteiger partial charge in [0.1, 0.15) is 5.88 Å². The quantitative estimate of drug-likeness (QED) is 0.921. The number of aromatic nitrogens is 2. The van der Waals surface area contributed by atoms with Crippen molar-refractivity contribution >= 4 is 21.8 Å². The summed E-state index contributed by atoms with van der Waals surface area (Å²) in [5.74, 6) is 0.261. The van der Waals surface area contributed by atoms with Crippen LogP contribution in [0.15, 0.2) is 29.1 Å². The lowest BCUT2D eigenvalue weighted by molar-refractivity contribution is 0.365. The first-order valence-corrected chi connectivity index (χ1v) is 8.61. The van der Waals surface area contributed by atoms with Crippen LogP contribution in [0.2, 0.25) is 0 Å². The molecule has 20 heavy (non-hydrogen) atoms. The molecular formula is C14H19N3O2S. The summed E-state index contributed by atoms with van der Waals surface area (Å²) in [6, 6.07) is 8.02. The minimum Gasteiger partial charge on any atom is -0.317 e. The lowest BCUT2D eigenvalue weighted by atomic mass is 10.1. The number of rotatable bonds is 3. The minimum atomic E-state index is -1.04. The zero-order chi connectivity index (χ0) is 14.1. The van der Waals surface area contributed by atoms with Crippen molar-refractivity contribution in [1.82, 2.24) is 14.5 Å². The fourth-order valence-corrected chi connectivity index (χ4v) is 3.57. The molecule has 5 nitrogen and oxygen atoms in total. The van der Waals surface area contributed by atoms with E-state index in [1.165, 1.54) is 0 Å². The van der Waals surface area contributed by atoms with Crippen molar-refractivity contribution in [3.63, 3.8) is 0 Å². The highest BCUT2D eigenvalue weighted by Gasteiger charge is 2.22. The topological polar surface area (TPSA) is 56.0 Å². The Bertz CT molecular complexity index is 698. The highest BCUT2D eigenvalue weighted by Crippen LogP contribution is 2.23. The summed E-state index contributed by atoms with van der Waals surface area (Å²) < 4.78 is 15.1. The van der Waals surface area contributed by atoms with Crippen LogP contribution in [0.25, 0.3) is 11.0 Å². The van der Waals surface area contributed by atoms with Crippen molar-refractivity contribution in [2.24, 2.45) is 0 Å². The van der Waals surface area contributed by atoms with E-state index in [2.05, 4.69) is 5.32 Å². The summed E-state index contributed by atoms with van der Waals surface area (Å²) in [4.78, 5) is 12.7. The number of nitrogens with one attached hydrogen (secondary N) is 1. The molecule has 1 aromatic carbocycles. The molecule has 1 aliphatic rings. The van der Waals surface area contributed by atoms with Crippen LogP contribution in [0.4, 0.5) is 0 Å². The Hall–Kier alpha value is -1.40. The normalized spacial score (nSPS) is 18.4. The second-order valence-corrected chi connectivity index (χ2v) is 6.66. The zero-order valence-corrected chi connectivity index (χ0v) is 12.4. The van der Waals surface area contributed by atoms with Crippen LogP contribution in [-0.4, -0.2) is 32.7 Å². The number of hydrogen-bond donors (Lipinski definition) is 1. The van der Waals surface area contributed by atoms with Gasteiger partial charge in [-0.15, -0.1) is 0 Å². The second-order valence-electron chi connectivity index (χ2n) is 5.25. The van der Waals surface area contributed by atoms with E-state index in [0.717, 1.165) is 37.0 Å². The molecular weight excluding hydrogens is 274 g/mol. The highest BCUT2D eigenvalue weighted by atomic mass is 32.2. The van der Waals surface area contributed by atoms with Crippen molar-refractivity contribution in [2.45, 2.75) is 24.8 Å². The molecule has 0 saturated carbocycles. The monoisotopic (exact) mass is 293 g/mol. The van der Waals surface area contributed by atoms with Gasteiger partial charge >= 0.3 is 5.69 Å². The third kappa shape index (κ3) is 2.33. The molecule has 0 bridgehead atoms. The van der Waals surface area contributed by atoms with E-state index in [-0.39, 0.29) is 17.6 Å². The van der Waals surface area contributed by atoms with Gasteiger partial charge in [-0.05, 0) is 38.1 Å². The lowest BCUT2D eigenvalue weighted by Crippen LogP contribution is -2.35. The van der Waals surface area contributed by atoms with Gasteiger partial charge in [0.2, 0.25) is 0 Å². The molecule has 1 aromatic heterocycles. The Labute approximate surface area is 120 Å². The fourth-order valence-electron chi connectivity index (χ4n) is 2.96. The van der Waals surface area contributed by atoms with E-state index in [4.69, 9.17) is 0 Å². The third-order valence-corrected chi connectivity index (χ3v) is 4.48. The Morgan fingerprint density at radius 1 is 1.25 bits per heavy atom. The summed E-state index contributed by atoms with van der Waals surface area (Å²) in [6.45, 7) is 1.88. The fraction of sp³-hybridized carbons (Fsp3) is 0.500. The van der Waals surface area contributed by atoms with E-state index in [1.807, 2.05) is 28.8 Å². The SMILES string of the molecule is CS(=O)Cn1c(=O)n(C2CCNCC2)c2ccccc21. The van der Waals surface area contributed by atoms with Crippen LogP contribution in [-0.2, 0) is 16.7 Å². The molecule has 108 valence electrons. The molecule has 1 saturated heterocycles. The number of para-hydroxylation sites is 2. The minimum absolute atomic E-state index is 0.0340. The third-order valence-electron chi connectivity index (χ3n) is 3.85. The molecule has 0 radical (unpaired) electrons. The standard InChI is InChI=1S/C14H19N3O2S/c1-20(19)10-16-12-4-2-3-5-13(12)17(14(16)18)11-6-8-15-9-7-11/h2-5,11,15H,6-10H2,1H3. The number of imidazole rings is 1. The number of hydrogen-bond acceptors (Lipinski definition) is 3. The van der Waals surface area contributed by atoms with Crippen molar-refractivity contribution in [3.05, 3.63) is 34.7 Å². The summed E-state index contributed by atoms with van der Waals surface area (Å²) in [7, 11) is -1.04. The highest BCUT2D eigenvalue weighted by molar-refractivity contribution is 7.83. The van der Waals surface area contributed by atoms with E-state index < -0.39 is 10.8 Å². The summed E-state index contributed by atoms with van der Waals surface area (Å²) in [5.41, 5.74) is 1.80.